The summed E-state index contributed by atoms with van der Waals surface area (Å²) in [7, 11) is 1.66. The Labute approximate surface area is 64.8 Å². The van der Waals surface area contributed by atoms with Gasteiger partial charge in [0.15, 0.2) is 0 Å². The second kappa shape index (κ2) is 2.31. The molecular formula is C9H8NO. The third-order valence-corrected chi connectivity index (χ3v) is 1.68. The van der Waals surface area contributed by atoms with E-state index in [1.54, 1.807) is 13.3 Å². The van der Waals surface area contributed by atoms with Crippen molar-refractivity contribution in [1.29, 1.82) is 0 Å². The fourth-order valence-electron chi connectivity index (χ4n) is 1.09. The van der Waals surface area contributed by atoms with E-state index >= 15 is 0 Å². The molecule has 0 aliphatic rings. The highest BCUT2D eigenvalue weighted by atomic mass is 16.5. The number of hydrogen-bond donors (Lipinski definition) is 1. The van der Waals surface area contributed by atoms with Crippen molar-refractivity contribution in [3.05, 3.63) is 30.5 Å². The maximum atomic E-state index is 5.06. The van der Waals surface area contributed by atoms with Gasteiger partial charge in [-0.05, 0) is 18.2 Å². The maximum Gasteiger partial charge on any atom is 0.119 e. The molecule has 0 amide bonds. The summed E-state index contributed by atoms with van der Waals surface area (Å²) in [5.41, 5.74) is 1.09. The second-order valence-corrected chi connectivity index (χ2v) is 2.34. The zero-order valence-corrected chi connectivity index (χ0v) is 6.22. The van der Waals surface area contributed by atoms with Gasteiger partial charge in [-0.15, -0.1) is 0 Å². The summed E-state index contributed by atoms with van der Waals surface area (Å²) >= 11 is 0. The van der Waals surface area contributed by atoms with Gasteiger partial charge in [-0.25, -0.2) is 0 Å². The van der Waals surface area contributed by atoms with E-state index in [4.69, 9.17) is 4.74 Å². The number of nitrogens with one attached hydrogen (secondary N) is 1. The number of hydrogen-bond acceptors (Lipinski definition) is 1. The fraction of sp³-hybridized carbons (Fsp3) is 0.111. The van der Waals surface area contributed by atoms with Gasteiger partial charge in [0, 0.05) is 23.2 Å². The smallest absolute Gasteiger partial charge is 0.119 e. The van der Waals surface area contributed by atoms with Crippen LogP contribution in [0.25, 0.3) is 10.9 Å². The lowest BCUT2D eigenvalue weighted by Crippen LogP contribution is -1.80. The summed E-state index contributed by atoms with van der Waals surface area (Å²) in [6, 6.07) is 8.91. The highest BCUT2D eigenvalue weighted by Gasteiger charge is 1.95. The molecule has 11 heavy (non-hydrogen) atoms. The van der Waals surface area contributed by atoms with Gasteiger partial charge in [0.25, 0.3) is 0 Å². The minimum absolute atomic E-state index is 0.869. The molecule has 1 aromatic carbocycles. The van der Waals surface area contributed by atoms with Crippen molar-refractivity contribution in [1.82, 2.24) is 4.98 Å². The lowest BCUT2D eigenvalue weighted by molar-refractivity contribution is 0.415. The van der Waals surface area contributed by atoms with E-state index in [0.717, 1.165) is 16.7 Å². The van der Waals surface area contributed by atoms with E-state index < -0.39 is 0 Å². The molecule has 2 rings (SSSR count). The molecular weight excluding hydrogens is 138 g/mol. The van der Waals surface area contributed by atoms with Crippen molar-refractivity contribution in [2.24, 2.45) is 0 Å². The van der Waals surface area contributed by atoms with Gasteiger partial charge in [0.2, 0.25) is 0 Å². The minimum Gasteiger partial charge on any atom is -0.497 e. The van der Waals surface area contributed by atoms with Gasteiger partial charge in [-0.1, -0.05) is 0 Å². The molecule has 2 heteroatoms. The lowest BCUT2D eigenvalue weighted by Gasteiger charge is -1.97. The molecule has 0 fully saturated rings. The summed E-state index contributed by atoms with van der Waals surface area (Å²) in [5, 5.41) is 1.06. The topological polar surface area (TPSA) is 25.0 Å². The standard InChI is InChI=1S/C9H8NO/c1-11-8-2-3-9-7(6-8)4-5-10-9/h2-3,5-6,10H,1H3. The van der Waals surface area contributed by atoms with Crippen molar-refractivity contribution >= 4 is 10.9 Å². The van der Waals surface area contributed by atoms with Crippen molar-refractivity contribution in [2.75, 3.05) is 7.11 Å². The molecule has 0 saturated carbocycles. The van der Waals surface area contributed by atoms with Crippen LogP contribution in [0.3, 0.4) is 0 Å². The Morgan fingerprint density at radius 3 is 3.18 bits per heavy atom. The van der Waals surface area contributed by atoms with Crippen molar-refractivity contribution in [3.63, 3.8) is 0 Å². The molecule has 2 aromatic rings. The van der Waals surface area contributed by atoms with E-state index in [0.29, 0.717) is 0 Å². The quantitative estimate of drug-likeness (QED) is 0.653. The molecule has 0 unspecified atom stereocenters. The van der Waals surface area contributed by atoms with Crippen LogP contribution in [-0.2, 0) is 0 Å². The van der Waals surface area contributed by atoms with Gasteiger partial charge in [0.1, 0.15) is 5.75 Å². The first-order chi connectivity index (χ1) is 5.40. The number of ether oxygens (including phenoxy) is 1. The summed E-state index contributed by atoms with van der Waals surface area (Å²) < 4.78 is 5.06. The van der Waals surface area contributed by atoms with Gasteiger partial charge >= 0.3 is 0 Å². The van der Waals surface area contributed by atoms with Crippen LogP contribution in [-0.4, -0.2) is 12.1 Å². The molecule has 1 N–H and O–H groups in total. The highest BCUT2D eigenvalue weighted by molar-refractivity contribution is 5.80. The first-order valence-electron chi connectivity index (χ1n) is 3.43. The number of fused-ring (bicyclic) bond motifs is 1. The van der Waals surface area contributed by atoms with Crippen LogP contribution < -0.4 is 4.74 Å². The molecule has 0 aliphatic heterocycles. The van der Waals surface area contributed by atoms with E-state index in [-0.39, 0.29) is 0 Å². The van der Waals surface area contributed by atoms with Crippen LogP contribution in [0.2, 0.25) is 0 Å². The monoisotopic (exact) mass is 146 g/mol. The van der Waals surface area contributed by atoms with Crippen LogP contribution in [0, 0.1) is 6.07 Å². The molecule has 2 nitrogen and oxygen atoms in total. The van der Waals surface area contributed by atoms with Gasteiger partial charge in [0.05, 0.1) is 7.11 Å². The maximum absolute atomic E-state index is 5.06. The predicted molar refractivity (Wildman–Crippen MR) is 43.7 cm³/mol. The predicted octanol–water partition coefficient (Wildman–Crippen LogP) is 1.98. The summed E-state index contributed by atoms with van der Waals surface area (Å²) in [5.74, 6) is 0.869. The molecule has 0 bridgehead atoms. The van der Waals surface area contributed by atoms with Gasteiger partial charge in [-0.2, -0.15) is 0 Å². The Morgan fingerprint density at radius 1 is 1.45 bits per heavy atom. The van der Waals surface area contributed by atoms with Gasteiger partial charge in [-0.3, -0.25) is 0 Å². The Hall–Kier alpha value is -1.44. The first-order valence-corrected chi connectivity index (χ1v) is 3.43. The number of aromatic amines is 1. The third-order valence-electron chi connectivity index (χ3n) is 1.68. The SMILES string of the molecule is COc1ccc2[nH]c[c]c2c1. The first kappa shape index (κ1) is 6.28. The number of aromatic nitrogens is 1. The van der Waals surface area contributed by atoms with Crippen molar-refractivity contribution in [3.8, 4) is 5.75 Å². The number of methoxy groups -OCH3 is 1. The Balaban J connectivity index is 2.67. The van der Waals surface area contributed by atoms with Crippen LogP contribution in [0.1, 0.15) is 0 Å². The van der Waals surface area contributed by atoms with Crippen LogP contribution in [0.4, 0.5) is 0 Å². The largest absolute Gasteiger partial charge is 0.497 e. The molecule has 1 radical (unpaired) electrons. The number of benzene rings is 1. The van der Waals surface area contributed by atoms with Crippen LogP contribution in [0.15, 0.2) is 24.4 Å². The number of H-pyrrole nitrogens is 1. The Kier molecular flexibility index (Phi) is 1.32. The zero-order valence-electron chi connectivity index (χ0n) is 6.22. The molecule has 0 saturated heterocycles. The lowest BCUT2D eigenvalue weighted by atomic mass is 10.2. The number of rotatable bonds is 1. The van der Waals surface area contributed by atoms with E-state index in [1.807, 2.05) is 18.2 Å². The van der Waals surface area contributed by atoms with Crippen molar-refractivity contribution < 1.29 is 4.74 Å². The normalized spacial score (nSPS) is 10.3. The van der Waals surface area contributed by atoms with E-state index in [9.17, 15) is 0 Å². The third kappa shape index (κ3) is 0.963. The highest BCUT2D eigenvalue weighted by Crippen LogP contribution is 2.18. The molecule has 1 aromatic heterocycles. The van der Waals surface area contributed by atoms with E-state index in [1.165, 1.54) is 0 Å². The molecule has 1 heterocycles. The Morgan fingerprint density at radius 2 is 2.36 bits per heavy atom. The molecule has 55 valence electrons. The fourth-order valence-corrected chi connectivity index (χ4v) is 1.09. The average Bonchev–Trinajstić information content (AvgIpc) is 2.50. The summed E-state index contributed by atoms with van der Waals surface area (Å²) in [6.45, 7) is 0. The molecule has 0 aliphatic carbocycles. The van der Waals surface area contributed by atoms with Gasteiger partial charge < -0.3 is 9.72 Å². The van der Waals surface area contributed by atoms with Crippen LogP contribution in [0.5, 0.6) is 5.75 Å². The zero-order chi connectivity index (χ0) is 7.68. The summed E-state index contributed by atoms with van der Waals surface area (Å²) in [4.78, 5) is 3.06. The van der Waals surface area contributed by atoms with E-state index in [2.05, 4.69) is 11.1 Å². The summed E-state index contributed by atoms with van der Waals surface area (Å²) in [6.07, 6.45) is 1.80. The van der Waals surface area contributed by atoms with Crippen molar-refractivity contribution in [2.45, 2.75) is 0 Å². The molecule has 0 atom stereocenters. The molecule has 0 spiro atoms. The second-order valence-electron chi connectivity index (χ2n) is 2.34. The Bertz CT molecular complexity index is 364. The minimum atomic E-state index is 0.869. The average molecular weight is 146 g/mol. The van der Waals surface area contributed by atoms with Crippen LogP contribution >= 0.6 is 0 Å².